The molecule has 0 unspecified atom stereocenters. The summed E-state index contributed by atoms with van der Waals surface area (Å²) in [5.41, 5.74) is 6.50. The van der Waals surface area contributed by atoms with Gasteiger partial charge in [-0.3, -0.25) is 9.78 Å². The molecule has 0 bridgehead atoms. The van der Waals surface area contributed by atoms with Crippen molar-refractivity contribution in [1.82, 2.24) is 9.88 Å². The quantitative estimate of drug-likeness (QED) is 0.761. The van der Waals surface area contributed by atoms with Crippen LogP contribution in [-0.4, -0.2) is 35.4 Å². The molecule has 2 N–H and O–H groups in total. The molecule has 0 radical (unpaired) electrons. The maximum Gasteiger partial charge on any atom is 0.236 e. The van der Waals surface area contributed by atoms with Crippen LogP contribution in [0.3, 0.4) is 0 Å². The van der Waals surface area contributed by atoms with Crippen LogP contribution < -0.4 is 5.73 Å². The van der Waals surface area contributed by atoms with E-state index >= 15 is 0 Å². The van der Waals surface area contributed by atoms with Crippen LogP contribution >= 0.6 is 0 Å². The van der Waals surface area contributed by atoms with Crippen molar-refractivity contribution in [2.75, 3.05) is 19.6 Å². The van der Waals surface area contributed by atoms with Gasteiger partial charge in [0, 0.05) is 25.5 Å². The maximum absolute atomic E-state index is 11.4. The van der Waals surface area contributed by atoms with E-state index in [1.54, 1.807) is 17.3 Å². The third-order valence-electron chi connectivity index (χ3n) is 2.33. The van der Waals surface area contributed by atoms with Crippen LogP contribution in [0.1, 0.15) is 12.5 Å². The van der Waals surface area contributed by atoms with Crippen molar-refractivity contribution in [1.29, 1.82) is 0 Å². The Hall–Kier alpha value is -1.42. The van der Waals surface area contributed by atoms with Gasteiger partial charge >= 0.3 is 0 Å². The van der Waals surface area contributed by atoms with E-state index in [9.17, 15) is 4.79 Å². The molecule has 0 spiro atoms. The summed E-state index contributed by atoms with van der Waals surface area (Å²) in [4.78, 5) is 17.1. The first-order valence-corrected chi connectivity index (χ1v) is 5.14. The molecule has 0 atom stereocenters. The number of nitrogens with two attached hydrogens (primary N) is 1. The molecule has 1 amide bonds. The lowest BCUT2D eigenvalue weighted by atomic mass is 10.2. The van der Waals surface area contributed by atoms with E-state index in [-0.39, 0.29) is 12.5 Å². The van der Waals surface area contributed by atoms with E-state index in [4.69, 9.17) is 5.73 Å². The molecule has 0 aromatic carbocycles. The van der Waals surface area contributed by atoms with Crippen molar-refractivity contribution in [3.8, 4) is 0 Å². The minimum atomic E-state index is 0.00607. The van der Waals surface area contributed by atoms with Gasteiger partial charge in [0.15, 0.2) is 0 Å². The van der Waals surface area contributed by atoms with Crippen LogP contribution in [0.4, 0.5) is 0 Å². The molecule has 1 rings (SSSR count). The summed E-state index contributed by atoms with van der Waals surface area (Å²) in [6.07, 6.45) is 4.37. The van der Waals surface area contributed by atoms with Gasteiger partial charge in [-0.25, -0.2) is 0 Å². The van der Waals surface area contributed by atoms with Gasteiger partial charge < -0.3 is 10.6 Å². The number of hydrogen-bond donors (Lipinski definition) is 1. The molecule has 0 aliphatic carbocycles. The highest BCUT2D eigenvalue weighted by Gasteiger charge is 2.08. The molecule has 0 fully saturated rings. The smallest absolute Gasteiger partial charge is 0.236 e. The number of carbonyl (C=O) groups excluding carboxylic acids is 1. The fourth-order valence-electron chi connectivity index (χ4n) is 1.40. The minimum Gasteiger partial charge on any atom is -0.342 e. The van der Waals surface area contributed by atoms with Crippen LogP contribution in [0, 0.1) is 0 Å². The monoisotopic (exact) mass is 207 g/mol. The van der Waals surface area contributed by atoms with Gasteiger partial charge in [0.1, 0.15) is 0 Å². The first-order valence-electron chi connectivity index (χ1n) is 5.14. The summed E-state index contributed by atoms with van der Waals surface area (Å²) in [6, 6.07) is 3.92. The molecule has 82 valence electrons. The van der Waals surface area contributed by atoms with Crippen molar-refractivity contribution in [2.45, 2.75) is 13.3 Å². The maximum atomic E-state index is 11.4. The lowest BCUT2D eigenvalue weighted by molar-refractivity contribution is -0.129. The molecule has 0 aliphatic heterocycles. The number of carbonyl (C=O) groups is 1. The van der Waals surface area contributed by atoms with Crippen molar-refractivity contribution >= 4 is 5.91 Å². The number of amides is 1. The molecule has 1 aromatic heterocycles. The summed E-state index contributed by atoms with van der Waals surface area (Å²) in [5, 5.41) is 0. The van der Waals surface area contributed by atoms with Crippen LogP contribution in [-0.2, 0) is 11.2 Å². The van der Waals surface area contributed by atoms with Crippen molar-refractivity contribution < 1.29 is 4.79 Å². The zero-order chi connectivity index (χ0) is 11.1. The zero-order valence-electron chi connectivity index (χ0n) is 9.02. The van der Waals surface area contributed by atoms with Gasteiger partial charge in [0.25, 0.3) is 0 Å². The summed E-state index contributed by atoms with van der Waals surface area (Å²) >= 11 is 0. The Morgan fingerprint density at radius 1 is 1.47 bits per heavy atom. The number of likely N-dealkylation sites (N-methyl/N-ethyl adjacent to an activating group) is 1. The molecule has 0 aliphatic rings. The van der Waals surface area contributed by atoms with E-state index < -0.39 is 0 Å². The molecule has 0 saturated carbocycles. The van der Waals surface area contributed by atoms with E-state index in [1.165, 1.54) is 5.56 Å². The van der Waals surface area contributed by atoms with E-state index in [2.05, 4.69) is 4.98 Å². The van der Waals surface area contributed by atoms with Crippen LogP contribution in [0.2, 0.25) is 0 Å². The third-order valence-corrected chi connectivity index (χ3v) is 2.33. The molecule has 0 saturated heterocycles. The standard InChI is InChI=1S/C11H17N3O/c1-2-14(11(15)9-12)8-5-10-3-6-13-7-4-10/h3-4,6-7H,2,5,8-9,12H2,1H3. The normalized spacial score (nSPS) is 10.0. The molecule has 1 aromatic rings. The van der Waals surface area contributed by atoms with Gasteiger partial charge in [-0.15, -0.1) is 0 Å². The van der Waals surface area contributed by atoms with Crippen molar-refractivity contribution in [3.05, 3.63) is 30.1 Å². The van der Waals surface area contributed by atoms with E-state index in [1.807, 2.05) is 19.1 Å². The second kappa shape index (κ2) is 6.14. The number of rotatable bonds is 5. The Kier molecular flexibility index (Phi) is 4.77. The van der Waals surface area contributed by atoms with E-state index in [0.29, 0.717) is 6.54 Å². The number of hydrogen-bond acceptors (Lipinski definition) is 3. The average Bonchev–Trinajstić information content (AvgIpc) is 2.31. The van der Waals surface area contributed by atoms with Crippen molar-refractivity contribution in [3.63, 3.8) is 0 Å². The second-order valence-electron chi connectivity index (χ2n) is 3.28. The van der Waals surface area contributed by atoms with Gasteiger partial charge in [-0.05, 0) is 31.0 Å². The predicted octanol–water partition coefficient (Wildman–Crippen LogP) is 0.431. The van der Waals surface area contributed by atoms with Gasteiger partial charge in [0.2, 0.25) is 5.91 Å². The molecule has 4 heteroatoms. The Morgan fingerprint density at radius 2 is 2.13 bits per heavy atom. The Morgan fingerprint density at radius 3 is 2.67 bits per heavy atom. The zero-order valence-corrected chi connectivity index (χ0v) is 9.02. The van der Waals surface area contributed by atoms with Gasteiger partial charge in [0.05, 0.1) is 6.54 Å². The Labute approximate surface area is 90.1 Å². The van der Waals surface area contributed by atoms with Gasteiger partial charge in [-0.2, -0.15) is 0 Å². The number of aromatic nitrogens is 1. The minimum absolute atomic E-state index is 0.00607. The van der Waals surface area contributed by atoms with Crippen LogP contribution in [0.5, 0.6) is 0 Å². The molecular weight excluding hydrogens is 190 g/mol. The average molecular weight is 207 g/mol. The number of nitrogens with zero attached hydrogens (tertiary/aromatic N) is 2. The summed E-state index contributed by atoms with van der Waals surface area (Å²) in [6.45, 7) is 3.47. The third kappa shape index (κ3) is 3.67. The Bertz CT molecular complexity index is 300. The topological polar surface area (TPSA) is 59.2 Å². The molecule has 1 heterocycles. The first-order chi connectivity index (χ1) is 7.27. The number of pyridine rings is 1. The fourth-order valence-corrected chi connectivity index (χ4v) is 1.40. The van der Waals surface area contributed by atoms with Crippen LogP contribution in [0.25, 0.3) is 0 Å². The van der Waals surface area contributed by atoms with Crippen LogP contribution in [0.15, 0.2) is 24.5 Å². The van der Waals surface area contributed by atoms with Gasteiger partial charge in [-0.1, -0.05) is 0 Å². The summed E-state index contributed by atoms with van der Waals surface area (Å²) < 4.78 is 0. The SMILES string of the molecule is CCN(CCc1ccncc1)C(=O)CN. The summed E-state index contributed by atoms with van der Waals surface area (Å²) in [5.74, 6) is 0.00607. The van der Waals surface area contributed by atoms with E-state index in [0.717, 1.165) is 13.0 Å². The lowest BCUT2D eigenvalue weighted by Gasteiger charge is -2.19. The summed E-state index contributed by atoms with van der Waals surface area (Å²) in [7, 11) is 0. The molecular formula is C11H17N3O. The largest absolute Gasteiger partial charge is 0.342 e. The molecule has 4 nitrogen and oxygen atoms in total. The lowest BCUT2D eigenvalue weighted by Crippen LogP contribution is -2.37. The molecule has 15 heavy (non-hydrogen) atoms. The highest BCUT2D eigenvalue weighted by molar-refractivity contribution is 5.77. The second-order valence-corrected chi connectivity index (χ2v) is 3.28. The highest BCUT2D eigenvalue weighted by Crippen LogP contribution is 2.00. The predicted molar refractivity (Wildman–Crippen MR) is 59.2 cm³/mol. The highest BCUT2D eigenvalue weighted by atomic mass is 16.2. The Balaban J connectivity index is 2.44. The van der Waals surface area contributed by atoms with Crippen molar-refractivity contribution in [2.24, 2.45) is 5.73 Å². The first kappa shape index (κ1) is 11.7. The fraction of sp³-hybridized carbons (Fsp3) is 0.455.